The number of rotatable bonds is 4. The van der Waals surface area contributed by atoms with E-state index in [0.29, 0.717) is 11.7 Å². The summed E-state index contributed by atoms with van der Waals surface area (Å²) in [7, 11) is 1.88. The first-order valence-corrected chi connectivity index (χ1v) is 8.24. The second-order valence-electron chi connectivity index (χ2n) is 4.87. The van der Waals surface area contributed by atoms with Crippen molar-refractivity contribution in [3.63, 3.8) is 0 Å². The van der Waals surface area contributed by atoms with Crippen LogP contribution in [0.5, 0.6) is 0 Å². The summed E-state index contributed by atoms with van der Waals surface area (Å²) in [5.74, 6) is 2.07. The number of anilines is 1. The zero-order valence-corrected chi connectivity index (χ0v) is 15.4. The van der Waals surface area contributed by atoms with Crippen LogP contribution >= 0.6 is 38.5 Å². The highest BCUT2D eigenvalue weighted by atomic mass is 127. The number of nitrogens with one attached hydrogen (secondary N) is 1. The average Bonchev–Trinajstić information content (AvgIpc) is 2.41. The summed E-state index contributed by atoms with van der Waals surface area (Å²) in [5.41, 5.74) is 1.85. The first kappa shape index (κ1) is 15.6. The monoisotopic (exact) mass is 446 g/mol. The van der Waals surface area contributed by atoms with E-state index in [1.54, 1.807) is 6.20 Å². The lowest BCUT2D eigenvalue weighted by atomic mass is 10.1. The van der Waals surface area contributed by atoms with Crippen LogP contribution in [-0.2, 0) is 6.42 Å². The predicted octanol–water partition coefficient (Wildman–Crippen LogP) is 4.15. The Morgan fingerprint density at radius 1 is 1.30 bits per heavy atom. The molecule has 0 aromatic carbocycles. The lowest BCUT2D eigenvalue weighted by Crippen LogP contribution is -2.08. The highest BCUT2D eigenvalue weighted by Crippen LogP contribution is 2.25. The molecule has 2 aromatic rings. The van der Waals surface area contributed by atoms with Gasteiger partial charge in [-0.1, -0.05) is 13.8 Å². The van der Waals surface area contributed by atoms with Gasteiger partial charge in [-0.25, -0.2) is 9.97 Å². The van der Waals surface area contributed by atoms with Crippen LogP contribution < -0.4 is 5.32 Å². The highest BCUT2D eigenvalue weighted by molar-refractivity contribution is 14.1. The average molecular weight is 447 g/mol. The van der Waals surface area contributed by atoms with E-state index in [2.05, 4.69) is 72.6 Å². The molecule has 1 N–H and O–H groups in total. The van der Waals surface area contributed by atoms with Crippen LogP contribution in [0.3, 0.4) is 0 Å². The number of hydrogen-bond donors (Lipinski definition) is 1. The summed E-state index contributed by atoms with van der Waals surface area (Å²) in [6.45, 7) is 4.38. The molecule has 0 spiro atoms. The van der Waals surface area contributed by atoms with Crippen LogP contribution in [-0.4, -0.2) is 22.0 Å². The molecule has 2 heterocycles. The molecule has 0 radical (unpaired) electrons. The summed E-state index contributed by atoms with van der Waals surface area (Å²) in [4.78, 5) is 13.6. The lowest BCUT2D eigenvalue weighted by Gasteiger charge is -2.12. The second-order valence-corrected chi connectivity index (χ2v) is 6.86. The molecule has 4 nitrogen and oxygen atoms in total. The van der Waals surface area contributed by atoms with Gasteiger partial charge in [0.05, 0.1) is 9.26 Å². The third kappa shape index (κ3) is 3.66. The fourth-order valence-corrected chi connectivity index (χ4v) is 2.77. The van der Waals surface area contributed by atoms with E-state index >= 15 is 0 Å². The highest BCUT2D eigenvalue weighted by Gasteiger charge is 2.14. The molecule has 0 fully saturated rings. The lowest BCUT2D eigenvalue weighted by molar-refractivity contribution is 0.632. The van der Waals surface area contributed by atoms with Gasteiger partial charge in [-0.15, -0.1) is 0 Å². The molecule has 0 amide bonds. The van der Waals surface area contributed by atoms with Gasteiger partial charge in [0.2, 0.25) is 0 Å². The fraction of sp³-hybridized carbons (Fsp3) is 0.357. The van der Waals surface area contributed by atoms with Crippen LogP contribution in [0.4, 0.5) is 5.82 Å². The molecule has 6 heteroatoms. The minimum Gasteiger partial charge on any atom is -0.372 e. The minimum absolute atomic E-state index is 0.550. The quantitative estimate of drug-likeness (QED) is 0.717. The minimum atomic E-state index is 0.550. The molecule has 20 heavy (non-hydrogen) atoms. The van der Waals surface area contributed by atoms with Crippen LogP contribution in [0.15, 0.2) is 22.8 Å². The van der Waals surface area contributed by atoms with Crippen LogP contribution in [0.1, 0.15) is 19.5 Å². The molecule has 0 aliphatic rings. The van der Waals surface area contributed by atoms with E-state index in [0.717, 1.165) is 31.7 Å². The van der Waals surface area contributed by atoms with Crippen LogP contribution in [0, 0.1) is 9.49 Å². The number of halogens is 2. The van der Waals surface area contributed by atoms with Crippen molar-refractivity contribution in [2.45, 2.75) is 20.3 Å². The summed E-state index contributed by atoms with van der Waals surface area (Å²) in [5, 5.41) is 3.13. The predicted molar refractivity (Wildman–Crippen MR) is 93.8 cm³/mol. The maximum Gasteiger partial charge on any atom is 0.180 e. The number of pyridine rings is 1. The Hall–Kier alpha value is -0.760. The normalized spacial score (nSPS) is 10.9. The molecule has 0 saturated heterocycles. The number of aromatic nitrogens is 3. The molecule has 0 unspecified atom stereocenters. The number of nitrogens with zero attached hydrogens (tertiary/aromatic N) is 3. The smallest absolute Gasteiger partial charge is 0.180 e. The molecule has 106 valence electrons. The molecule has 0 aliphatic heterocycles. The van der Waals surface area contributed by atoms with Crippen LogP contribution in [0.2, 0.25) is 0 Å². The van der Waals surface area contributed by atoms with Crippen molar-refractivity contribution in [2.75, 3.05) is 12.4 Å². The van der Waals surface area contributed by atoms with Gasteiger partial charge in [0.1, 0.15) is 11.5 Å². The van der Waals surface area contributed by atoms with Crippen molar-refractivity contribution < 1.29 is 0 Å². The largest absolute Gasteiger partial charge is 0.372 e. The standard InChI is InChI=1S/C14H16BrIN4/c1-8(2)6-11-12(16)14(17-3)20-13(19-11)10-5-4-9(15)7-18-10/h4-5,7-8H,6H2,1-3H3,(H,17,19,20). The van der Waals surface area contributed by atoms with E-state index in [9.17, 15) is 0 Å². The third-order valence-electron chi connectivity index (χ3n) is 2.71. The Balaban J connectivity index is 2.50. The first-order chi connectivity index (χ1) is 9.51. The Morgan fingerprint density at radius 3 is 2.60 bits per heavy atom. The van der Waals surface area contributed by atoms with Gasteiger partial charge >= 0.3 is 0 Å². The molecule has 0 saturated carbocycles. The maximum absolute atomic E-state index is 4.68. The van der Waals surface area contributed by atoms with E-state index in [1.165, 1.54) is 0 Å². The zero-order valence-electron chi connectivity index (χ0n) is 11.6. The van der Waals surface area contributed by atoms with E-state index in [1.807, 2.05) is 19.2 Å². The Morgan fingerprint density at radius 2 is 2.05 bits per heavy atom. The van der Waals surface area contributed by atoms with Gasteiger partial charge in [0.15, 0.2) is 5.82 Å². The van der Waals surface area contributed by atoms with E-state index < -0.39 is 0 Å². The fourth-order valence-electron chi connectivity index (χ4n) is 1.80. The van der Waals surface area contributed by atoms with Gasteiger partial charge in [-0.05, 0) is 63.0 Å². The summed E-state index contributed by atoms with van der Waals surface area (Å²) < 4.78 is 2.03. The summed E-state index contributed by atoms with van der Waals surface area (Å²) in [6, 6.07) is 3.87. The molecule has 2 aromatic heterocycles. The van der Waals surface area contributed by atoms with Crippen molar-refractivity contribution in [1.82, 2.24) is 15.0 Å². The second kappa shape index (κ2) is 6.80. The van der Waals surface area contributed by atoms with Gasteiger partial charge in [0, 0.05) is 17.7 Å². The SMILES string of the molecule is CNc1nc(-c2ccc(Br)cn2)nc(CC(C)C)c1I. The molecule has 2 rings (SSSR count). The molecule has 0 bridgehead atoms. The molecule has 0 atom stereocenters. The van der Waals surface area contributed by atoms with Gasteiger partial charge in [-0.2, -0.15) is 0 Å². The molecule has 0 aliphatic carbocycles. The molecular weight excluding hydrogens is 431 g/mol. The summed E-state index contributed by atoms with van der Waals surface area (Å²) in [6.07, 6.45) is 2.69. The molecular formula is C14H16BrIN4. The van der Waals surface area contributed by atoms with Crippen molar-refractivity contribution in [2.24, 2.45) is 5.92 Å². The third-order valence-corrected chi connectivity index (χ3v) is 4.32. The van der Waals surface area contributed by atoms with Gasteiger partial charge in [-0.3, -0.25) is 4.98 Å². The Bertz CT molecular complexity index is 599. The van der Waals surface area contributed by atoms with Gasteiger partial charge < -0.3 is 5.32 Å². The van der Waals surface area contributed by atoms with Crippen molar-refractivity contribution in [3.05, 3.63) is 32.1 Å². The zero-order chi connectivity index (χ0) is 14.7. The van der Waals surface area contributed by atoms with Crippen molar-refractivity contribution in [3.8, 4) is 11.5 Å². The van der Waals surface area contributed by atoms with E-state index in [4.69, 9.17) is 0 Å². The van der Waals surface area contributed by atoms with Crippen molar-refractivity contribution >= 4 is 44.3 Å². The number of hydrogen-bond acceptors (Lipinski definition) is 4. The van der Waals surface area contributed by atoms with Crippen molar-refractivity contribution in [1.29, 1.82) is 0 Å². The van der Waals surface area contributed by atoms with Gasteiger partial charge in [0.25, 0.3) is 0 Å². The maximum atomic E-state index is 4.68. The topological polar surface area (TPSA) is 50.7 Å². The Labute approximate surface area is 141 Å². The van der Waals surface area contributed by atoms with E-state index in [-0.39, 0.29) is 0 Å². The Kier molecular flexibility index (Phi) is 5.31. The first-order valence-electron chi connectivity index (χ1n) is 6.37. The summed E-state index contributed by atoms with van der Waals surface area (Å²) >= 11 is 5.69. The van der Waals surface area contributed by atoms with Crippen LogP contribution in [0.25, 0.3) is 11.5 Å².